The van der Waals surface area contributed by atoms with Gasteiger partial charge in [0.2, 0.25) is 0 Å². The van der Waals surface area contributed by atoms with Crippen LogP contribution in [0.1, 0.15) is 213 Å². The van der Waals surface area contributed by atoms with Crippen molar-refractivity contribution in [2.75, 3.05) is 0 Å². The number of ether oxygens (including phenoxy) is 1. The Kier molecular flexibility index (Phi) is 10.5. The molecule has 0 aromatic heterocycles. The zero-order valence-electron chi connectivity index (χ0n) is 43.9. The van der Waals surface area contributed by atoms with Crippen LogP contribution in [0.15, 0.2) is 23.3 Å². The molecule has 0 saturated heterocycles. The van der Waals surface area contributed by atoms with Crippen molar-refractivity contribution in [1.29, 1.82) is 0 Å². The van der Waals surface area contributed by atoms with E-state index in [0.29, 0.717) is 47.3 Å². The predicted molar refractivity (Wildman–Crippen MR) is 261 cm³/mol. The third-order valence-electron chi connectivity index (χ3n) is 27.0. The molecule has 10 aliphatic rings. The smallest absolute Gasteiger partial charge is 0.312 e. The third kappa shape index (κ3) is 5.66. The largest absolute Gasteiger partial charge is 0.481 e. The SMILES string of the molecule is C[C@H]1[C@H](C)CC[C@]2(C(=O)O)CC[C@]3(C)C(=CC[C@@H]4[C@@]5(C)CC[C@H](OC(=O)[C@]67CC[C@@H](C)[C@H](C)[C@H]6C6=CCC8[C@@]9(C)CC[C@H](O)C(C)(C)[C@@H]9CC[C@@]8(C)[C@]6(C)CC7)C(C)(C)C5CC[C@]43C)[C@H]12. The van der Waals surface area contributed by atoms with Crippen LogP contribution in [-0.4, -0.2) is 34.4 Å². The number of carbonyl (C=O) groups is 2. The van der Waals surface area contributed by atoms with Gasteiger partial charge in [-0.3, -0.25) is 9.59 Å². The first-order valence-corrected chi connectivity index (χ1v) is 27.7. The van der Waals surface area contributed by atoms with Gasteiger partial charge in [0.15, 0.2) is 0 Å². The number of carboxylic acids is 1. The Bertz CT molecular complexity index is 2050. The van der Waals surface area contributed by atoms with Gasteiger partial charge in [0.1, 0.15) is 6.10 Å². The minimum atomic E-state index is -0.613. The molecule has 20 atom stereocenters. The van der Waals surface area contributed by atoms with Crippen molar-refractivity contribution in [1.82, 2.24) is 0 Å². The van der Waals surface area contributed by atoms with Gasteiger partial charge >= 0.3 is 11.9 Å². The molecule has 0 spiro atoms. The minimum absolute atomic E-state index is 0.00216. The number of aliphatic hydroxyl groups is 1. The van der Waals surface area contributed by atoms with Crippen molar-refractivity contribution in [3.8, 4) is 0 Å². The first kappa shape index (κ1) is 47.1. The highest BCUT2D eigenvalue weighted by Crippen LogP contribution is 2.78. The number of fused-ring (bicyclic) bond motifs is 14. The van der Waals surface area contributed by atoms with E-state index in [1.165, 1.54) is 24.8 Å². The standard InChI is InChI=1S/C60H94O5/c1-35-19-29-59(49(62)63)33-31-55(11)39(47(59)37(35)3)15-17-44-54(10)26-24-46(52(7,8)42(54)22-28-58(44,55)14)65-50(64)60-30-20-36(2)38(4)48(60)40-16-18-43-53(9)25-23-45(61)51(5,6)41(53)21-27-57(43,13)56(40,12)32-34-60/h15-16,35-38,41-48,61H,17-34H2,1-14H3,(H,62,63)/t35-,36-,37+,38+,41+,42?,43?,44-,45+,46+,47+,48+,53+,54+,55-,56-,57-,58-,59+,60+/m1/s1. The molecule has 8 fully saturated rings. The molecule has 2 N–H and O–H groups in total. The second kappa shape index (κ2) is 14.5. The molecule has 0 amide bonds. The van der Waals surface area contributed by atoms with Gasteiger partial charge in [-0.1, -0.05) is 120 Å². The Morgan fingerprint density at radius 2 is 0.969 bits per heavy atom. The topological polar surface area (TPSA) is 83.8 Å². The lowest BCUT2D eigenvalue weighted by molar-refractivity contribution is -0.225. The number of aliphatic carboxylic acids is 1. The maximum atomic E-state index is 15.7. The number of hydrogen-bond donors (Lipinski definition) is 2. The lowest BCUT2D eigenvalue weighted by atomic mass is 9.33. The fraction of sp³-hybridized carbons (Fsp3) is 0.900. The molecule has 10 rings (SSSR count). The summed E-state index contributed by atoms with van der Waals surface area (Å²) in [6, 6.07) is 0. The van der Waals surface area contributed by atoms with Crippen molar-refractivity contribution < 1.29 is 24.5 Å². The quantitative estimate of drug-likeness (QED) is 0.218. The van der Waals surface area contributed by atoms with E-state index in [1.54, 1.807) is 5.57 Å². The normalized spacial score (nSPS) is 56.2. The van der Waals surface area contributed by atoms with E-state index in [-0.39, 0.29) is 73.3 Å². The molecule has 65 heavy (non-hydrogen) atoms. The van der Waals surface area contributed by atoms with Crippen molar-refractivity contribution >= 4 is 11.9 Å². The van der Waals surface area contributed by atoms with E-state index in [4.69, 9.17) is 4.74 Å². The molecule has 2 unspecified atom stereocenters. The molecule has 0 radical (unpaired) electrons. The summed E-state index contributed by atoms with van der Waals surface area (Å²) in [6.45, 7) is 35.1. The van der Waals surface area contributed by atoms with E-state index < -0.39 is 16.8 Å². The van der Waals surface area contributed by atoms with Gasteiger partial charge in [0.05, 0.1) is 16.9 Å². The number of aliphatic hydroxyl groups excluding tert-OH is 1. The van der Waals surface area contributed by atoms with E-state index in [9.17, 15) is 15.0 Å². The van der Waals surface area contributed by atoms with Gasteiger partial charge in [-0.25, -0.2) is 0 Å². The molecule has 0 aliphatic heterocycles. The van der Waals surface area contributed by atoms with Gasteiger partial charge in [0.25, 0.3) is 0 Å². The predicted octanol–water partition coefficient (Wildman–Crippen LogP) is 14.7. The lowest BCUT2D eigenvalue weighted by Crippen LogP contribution is -2.66. The Balaban J connectivity index is 0.932. The van der Waals surface area contributed by atoms with Crippen LogP contribution in [0, 0.1) is 113 Å². The van der Waals surface area contributed by atoms with Crippen LogP contribution in [-0.2, 0) is 14.3 Å². The fourth-order valence-electron chi connectivity index (χ4n) is 22.1. The van der Waals surface area contributed by atoms with Crippen LogP contribution >= 0.6 is 0 Å². The van der Waals surface area contributed by atoms with Crippen LogP contribution in [0.2, 0.25) is 0 Å². The molecule has 10 aliphatic carbocycles. The summed E-state index contributed by atoms with van der Waals surface area (Å²) >= 11 is 0. The highest BCUT2D eigenvalue weighted by Gasteiger charge is 2.72. The molecule has 0 heterocycles. The number of hydrogen-bond acceptors (Lipinski definition) is 4. The highest BCUT2D eigenvalue weighted by molar-refractivity contribution is 5.79. The molecular weight excluding hydrogens is 801 g/mol. The summed E-state index contributed by atoms with van der Waals surface area (Å²) in [5.41, 5.74) is 2.52. The summed E-state index contributed by atoms with van der Waals surface area (Å²) in [5, 5.41) is 22.2. The molecule has 5 heteroatoms. The van der Waals surface area contributed by atoms with Crippen LogP contribution in [0.4, 0.5) is 0 Å². The van der Waals surface area contributed by atoms with E-state index in [0.717, 1.165) is 96.3 Å². The van der Waals surface area contributed by atoms with E-state index in [1.807, 2.05) is 0 Å². The monoisotopic (exact) mass is 895 g/mol. The highest BCUT2D eigenvalue weighted by atomic mass is 16.5. The molecule has 0 bridgehead atoms. The van der Waals surface area contributed by atoms with Gasteiger partial charge in [0, 0.05) is 5.41 Å². The first-order chi connectivity index (χ1) is 30.2. The second-order valence-corrected chi connectivity index (χ2v) is 29.0. The fourth-order valence-corrected chi connectivity index (χ4v) is 22.1. The maximum absolute atomic E-state index is 15.7. The Morgan fingerprint density at radius 3 is 1.48 bits per heavy atom. The summed E-state index contributed by atoms with van der Waals surface area (Å²) < 4.78 is 7.27. The van der Waals surface area contributed by atoms with Crippen LogP contribution in [0.3, 0.4) is 0 Å². The average molecular weight is 895 g/mol. The van der Waals surface area contributed by atoms with Gasteiger partial charge in [-0.05, 0) is 213 Å². The van der Waals surface area contributed by atoms with Crippen LogP contribution < -0.4 is 0 Å². The summed E-state index contributed by atoms with van der Waals surface area (Å²) in [6.07, 6.45) is 23.7. The van der Waals surface area contributed by atoms with Gasteiger partial charge < -0.3 is 14.9 Å². The Labute approximate surface area is 396 Å². The van der Waals surface area contributed by atoms with E-state index in [2.05, 4.69) is 109 Å². The van der Waals surface area contributed by atoms with E-state index >= 15 is 4.79 Å². The van der Waals surface area contributed by atoms with Crippen LogP contribution in [0.5, 0.6) is 0 Å². The van der Waals surface area contributed by atoms with Crippen LogP contribution in [0.25, 0.3) is 0 Å². The van der Waals surface area contributed by atoms with Crippen molar-refractivity contribution in [3.05, 3.63) is 23.3 Å². The average Bonchev–Trinajstić information content (AvgIpc) is 3.23. The number of carboxylic acid groups (broad SMARTS) is 1. The zero-order chi connectivity index (χ0) is 47.1. The zero-order valence-corrected chi connectivity index (χ0v) is 43.9. The molecular formula is C60H94O5. The molecule has 0 aromatic rings. The van der Waals surface area contributed by atoms with Gasteiger partial charge in [-0.15, -0.1) is 0 Å². The Morgan fingerprint density at radius 1 is 0.523 bits per heavy atom. The van der Waals surface area contributed by atoms with Gasteiger partial charge in [-0.2, -0.15) is 0 Å². The molecule has 5 nitrogen and oxygen atoms in total. The summed E-state index contributed by atoms with van der Waals surface area (Å²) in [7, 11) is 0. The second-order valence-electron chi connectivity index (χ2n) is 29.0. The summed E-state index contributed by atoms with van der Waals surface area (Å²) in [4.78, 5) is 29.0. The third-order valence-corrected chi connectivity index (χ3v) is 27.0. The number of allylic oxidation sites excluding steroid dienone is 4. The molecule has 8 saturated carbocycles. The van der Waals surface area contributed by atoms with Crippen molar-refractivity contribution in [2.24, 2.45) is 113 Å². The van der Waals surface area contributed by atoms with Crippen molar-refractivity contribution in [3.63, 3.8) is 0 Å². The first-order valence-electron chi connectivity index (χ1n) is 27.7. The maximum Gasteiger partial charge on any atom is 0.312 e. The number of rotatable bonds is 3. The number of carbonyl (C=O) groups excluding carboxylic acids is 1. The number of esters is 1. The van der Waals surface area contributed by atoms with Crippen molar-refractivity contribution in [2.45, 2.75) is 225 Å². The minimum Gasteiger partial charge on any atom is -0.481 e. The lowest BCUT2D eigenvalue weighted by Gasteiger charge is -2.71. The Hall–Kier alpha value is -1.62. The molecule has 0 aromatic carbocycles. The summed E-state index contributed by atoms with van der Waals surface area (Å²) in [5.74, 6) is 3.99. The molecule has 364 valence electrons.